The second kappa shape index (κ2) is 7.86. The van der Waals surface area contributed by atoms with Gasteiger partial charge < -0.3 is 20.1 Å². The zero-order valence-electron chi connectivity index (χ0n) is 16.3. The number of aromatic nitrogens is 2. The van der Waals surface area contributed by atoms with Crippen molar-refractivity contribution in [2.75, 3.05) is 24.9 Å². The van der Waals surface area contributed by atoms with Gasteiger partial charge in [-0.25, -0.2) is 9.07 Å². The van der Waals surface area contributed by atoms with E-state index in [2.05, 4.69) is 15.7 Å². The summed E-state index contributed by atoms with van der Waals surface area (Å²) in [6.07, 6.45) is 1.47. The highest BCUT2D eigenvalue weighted by atomic mass is 19.1. The van der Waals surface area contributed by atoms with E-state index in [-0.39, 0.29) is 18.1 Å². The third-order valence-corrected chi connectivity index (χ3v) is 4.85. The quantitative estimate of drug-likeness (QED) is 0.674. The lowest BCUT2D eigenvalue weighted by atomic mass is 10.1. The summed E-state index contributed by atoms with van der Waals surface area (Å²) in [5.41, 5.74) is 1.69. The molecule has 8 nitrogen and oxygen atoms in total. The molecule has 2 amide bonds. The smallest absolute Gasteiger partial charge is 0.249 e. The van der Waals surface area contributed by atoms with E-state index in [1.165, 1.54) is 31.0 Å². The van der Waals surface area contributed by atoms with Gasteiger partial charge in [-0.05, 0) is 29.8 Å². The van der Waals surface area contributed by atoms with Crippen LogP contribution in [0.1, 0.15) is 12.5 Å². The van der Waals surface area contributed by atoms with Crippen LogP contribution in [0.15, 0.2) is 48.7 Å². The molecule has 30 heavy (non-hydrogen) atoms. The van der Waals surface area contributed by atoms with E-state index in [1.807, 2.05) is 0 Å². The van der Waals surface area contributed by atoms with E-state index in [9.17, 15) is 14.0 Å². The topological polar surface area (TPSA) is 94.5 Å². The standard InChI is InChI=1S/C21H19FN4O4/c1-29-14-7-8-18(30-2)16(9-14)24-21(28)17-10-19(27)25-20-15(11-23-26(17)20)12-3-5-13(22)6-4-12/h3-9,11,17H,10H2,1-2H3,(H,24,28)(H,25,27)/t17-/m0/s1. The van der Waals surface area contributed by atoms with Gasteiger partial charge >= 0.3 is 0 Å². The molecule has 154 valence electrons. The molecular formula is C21H19FN4O4. The number of rotatable bonds is 5. The van der Waals surface area contributed by atoms with Crippen LogP contribution in [-0.2, 0) is 9.59 Å². The molecule has 4 rings (SSSR count). The van der Waals surface area contributed by atoms with Crippen molar-refractivity contribution in [3.8, 4) is 22.6 Å². The van der Waals surface area contributed by atoms with Crippen LogP contribution in [0.3, 0.4) is 0 Å². The minimum atomic E-state index is -0.862. The molecule has 0 unspecified atom stereocenters. The highest BCUT2D eigenvalue weighted by molar-refractivity contribution is 6.03. The largest absolute Gasteiger partial charge is 0.497 e. The van der Waals surface area contributed by atoms with Crippen molar-refractivity contribution in [1.82, 2.24) is 9.78 Å². The van der Waals surface area contributed by atoms with E-state index in [4.69, 9.17) is 9.47 Å². The summed E-state index contributed by atoms with van der Waals surface area (Å²) in [5.74, 6) is 0.280. The number of nitrogens with zero attached hydrogens (tertiary/aromatic N) is 2. The second-order valence-corrected chi connectivity index (χ2v) is 6.68. The van der Waals surface area contributed by atoms with Crippen LogP contribution < -0.4 is 20.1 Å². The molecule has 0 spiro atoms. The van der Waals surface area contributed by atoms with Crippen LogP contribution in [0.5, 0.6) is 11.5 Å². The van der Waals surface area contributed by atoms with Gasteiger partial charge in [0.2, 0.25) is 11.8 Å². The number of hydrogen-bond donors (Lipinski definition) is 2. The molecule has 0 saturated heterocycles. The first-order chi connectivity index (χ1) is 14.5. The van der Waals surface area contributed by atoms with Crippen LogP contribution >= 0.6 is 0 Å². The number of fused-ring (bicyclic) bond motifs is 1. The number of amides is 2. The highest BCUT2D eigenvalue weighted by Crippen LogP contribution is 2.35. The average Bonchev–Trinajstić information content (AvgIpc) is 3.17. The van der Waals surface area contributed by atoms with Crippen molar-refractivity contribution < 1.29 is 23.5 Å². The fourth-order valence-electron chi connectivity index (χ4n) is 3.34. The first kappa shape index (κ1) is 19.4. The summed E-state index contributed by atoms with van der Waals surface area (Å²) >= 11 is 0. The third kappa shape index (κ3) is 3.57. The Morgan fingerprint density at radius 2 is 1.97 bits per heavy atom. The number of nitrogens with one attached hydrogen (secondary N) is 2. The number of halogens is 1. The lowest BCUT2D eigenvalue weighted by molar-refractivity contribution is -0.125. The average molecular weight is 410 g/mol. The number of hydrogen-bond acceptors (Lipinski definition) is 5. The molecule has 0 radical (unpaired) electrons. The number of benzene rings is 2. The van der Waals surface area contributed by atoms with Gasteiger partial charge in [-0.15, -0.1) is 0 Å². The molecule has 1 aliphatic heterocycles. The predicted octanol–water partition coefficient (Wildman–Crippen LogP) is 3.23. The molecule has 0 aliphatic carbocycles. The minimum absolute atomic E-state index is 0.0738. The highest BCUT2D eigenvalue weighted by Gasteiger charge is 2.33. The lowest BCUT2D eigenvalue weighted by Gasteiger charge is -2.25. The molecule has 1 aliphatic rings. The molecule has 0 saturated carbocycles. The molecule has 3 aromatic rings. The third-order valence-electron chi connectivity index (χ3n) is 4.85. The van der Waals surface area contributed by atoms with Crippen molar-refractivity contribution in [3.63, 3.8) is 0 Å². The molecule has 1 aromatic heterocycles. The van der Waals surface area contributed by atoms with E-state index in [1.54, 1.807) is 36.5 Å². The molecule has 0 bridgehead atoms. The van der Waals surface area contributed by atoms with Gasteiger partial charge in [0.25, 0.3) is 0 Å². The van der Waals surface area contributed by atoms with Crippen molar-refractivity contribution in [1.29, 1.82) is 0 Å². The van der Waals surface area contributed by atoms with Gasteiger partial charge in [-0.1, -0.05) is 12.1 Å². The minimum Gasteiger partial charge on any atom is -0.497 e. The van der Waals surface area contributed by atoms with E-state index in [0.717, 1.165) is 0 Å². The van der Waals surface area contributed by atoms with Gasteiger partial charge in [-0.3, -0.25) is 9.59 Å². The lowest BCUT2D eigenvalue weighted by Crippen LogP contribution is -2.35. The molecule has 9 heteroatoms. The fourth-order valence-corrected chi connectivity index (χ4v) is 3.34. The van der Waals surface area contributed by atoms with Gasteiger partial charge in [-0.2, -0.15) is 5.10 Å². The Morgan fingerprint density at radius 3 is 2.67 bits per heavy atom. The Labute approximate surface area is 171 Å². The van der Waals surface area contributed by atoms with Gasteiger partial charge in [0.15, 0.2) is 0 Å². The second-order valence-electron chi connectivity index (χ2n) is 6.68. The SMILES string of the molecule is COc1ccc(OC)c(NC(=O)[C@@H]2CC(=O)Nc3c(-c4ccc(F)cc4)cnn32)c1. The Kier molecular flexibility index (Phi) is 5.09. The number of anilines is 2. The summed E-state index contributed by atoms with van der Waals surface area (Å²) in [6.45, 7) is 0. The van der Waals surface area contributed by atoms with E-state index >= 15 is 0 Å². The van der Waals surface area contributed by atoms with Gasteiger partial charge in [0.05, 0.1) is 32.5 Å². The summed E-state index contributed by atoms with van der Waals surface area (Å²) in [5, 5.41) is 9.85. The predicted molar refractivity (Wildman–Crippen MR) is 108 cm³/mol. The van der Waals surface area contributed by atoms with Crippen LogP contribution in [-0.4, -0.2) is 35.8 Å². The molecule has 2 N–H and O–H groups in total. The monoisotopic (exact) mass is 410 g/mol. The van der Waals surface area contributed by atoms with Crippen LogP contribution in [0.4, 0.5) is 15.9 Å². The molecule has 2 aromatic carbocycles. The summed E-state index contributed by atoms with van der Waals surface area (Å²) in [4.78, 5) is 25.4. The molecule has 0 fully saturated rings. The summed E-state index contributed by atoms with van der Waals surface area (Å²) in [7, 11) is 3.01. The zero-order chi connectivity index (χ0) is 21.3. The number of methoxy groups -OCH3 is 2. The van der Waals surface area contributed by atoms with Crippen molar-refractivity contribution in [2.24, 2.45) is 0 Å². The Morgan fingerprint density at radius 1 is 1.20 bits per heavy atom. The van der Waals surface area contributed by atoms with Crippen LogP contribution in [0.2, 0.25) is 0 Å². The number of ether oxygens (including phenoxy) is 2. The van der Waals surface area contributed by atoms with Gasteiger partial charge in [0, 0.05) is 11.6 Å². The van der Waals surface area contributed by atoms with Crippen molar-refractivity contribution >= 4 is 23.3 Å². The molecule has 2 heterocycles. The fraction of sp³-hybridized carbons (Fsp3) is 0.190. The first-order valence-electron chi connectivity index (χ1n) is 9.16. The normalized spacial score (nSPS) is 15.2. The molecule has 1 atom stereocenters. The maximum Gasteiger partial charge on any atom is 0.249 e. The maximum atomic E-state index is 13.3. The molecular weight excluding hydrogens is 391 g/mol. The Hall–Kier alpha value is -3.88. The maximum absolute atomic E-state index is 13.3. The number of carbonyl (C=O) groups is 2. The van der Waals surface area contributed by atoms with Crippen molar-refractivity contribution in [3.05, 3.63) is 54.5 Å². The number of carbonyl (C=O) groups excluding carboxylic acids is 2. The van der Waals surface area contributed by atoms with Crippen LogP contribution in [0.25, 0.3) is 11.1 Å². The van der Waals surface area contributed by atoms with Gasteiger partial charge in [0.1, 0.15) is 29.2 Å². The Bertz CT molecular complexity index is 1110. The summed E-state index contributed by atoms with van der Waals surface area (Å²) < 4.78 is 25.2. The Balaban J connectivity index is 1.66. The summed E-state index contributed by atoms with van der Waals surface area (Å²) in [6, 6.07) is 9.98. The van der Waals surface area contributed by atoms with Crippen molar-refractivity contribution in [2.45, 2.75) is 12.5 Å². The first-order valence-corrected chi connectivity index (χ1v) is 9.16. The zero-order valence-corrected chi connectivity index (χ0v) is 16.3. The van der Waals surface area contributed by atoms with Crippen LogP contribution in [0, 0.1) is 5.82 Å². The van der Waals surface area contributed by atoms with E-state index in [0.29, 0.717) is 34.1 Å². The van der Waals surface area contributed by atoms with E-state index < -0.39 is 11.9 Å².